The van der Waals surface area contributed by atoms with Crippen molar-refractivity contribution in [2.75, 3.05) is 13.1 Å². The van der Waals surface area contributed by atoms with Gasteiger partial charge in [-0.2, -0.15) is 0 Å². The SMILES string of the molecule is CCCCCC[NH2+]CCCCCC.O=C([O-])Cc1ccccc1. The standard InChI is InChI=1S/C12H27N.C8H8O2/c1-3-5-7-9-11-13-12-10-8-6-4-2;9-8(10)6-7-4-2-1-3-5-7/h13H,3-12H2,1-2H3;1-5H,6H2,(H,9,10). The third-order valence-corrected chi connectivity index (χ3v) is 3.71. The Morgan fingerprint density at radius 3 is 1.83 bits per heavy atom. The van der Waals surface area contributed by atoms with Gasteiger partial charge in [-0.3, -0.25) is 0 Å². The van der Waals surface area contributed by atoms with Crippen molar-refractivity contribution in [2.45, 2.75) is 71.6 Å². The van der Waals surface area contributed by atoms with Gasteiger partial charge in [0.2, 0.25) is 0 Å². The van der Waals surface area contributed by atoms with Gasteiger partial charge < -0.3 is 15.2 Å². The number of carbonyl (C=O) groups is 1. The summed E-state index contributed by atoms with van der Waals surface area (Å²) in [6.45, 7) is 7.25. The number of hydrogen-bond acceptors (Lipinski definition) is 2. The number of unbranched alkanes of at least 4 members (excludes halogenated alkanes) is 6. The lowest BCUT2D eigenvalue weighted by atomic mass is 10.2. The van der Waals surface area contributed by atoms with E-state index >= 15 is 0 Å². The molecule has 0 saturated carbocycles. The number of carboxylic acid groups (broad SMARTS) is 1. The molecule has 0 aliphatic carbocycles. The summed E-state index contributed by atoms with van der Waals surface area (Å²) in [5.41, 5.74) is 0.780. The highest BCUT2D eigenvalue weighted by molar-refractivity contribution is 5.67. The molecule has 0 amide bonds. The van der Waals surface area contributed by atoms with Crippen LogP contribution in [0.15, 0.2) is 30.3 Å². The van der Waals surface area contributed by atoms with Crippen LogP contribution in [0.25, 0.3) is 0 Å². The molecule has 2 N–H and O–H groups in total. The fourth-order valence-corrected chi connectivity index (χ4v) is 2.34. The maximum Gasteiger partial charge on any atom is 0.0755 e. The van der Waals surface area contributed by atoms with Gasteiger partial charge in [0.15, 0.2) is 0 Å². The Kier molecular flexibility index (Phi) is 16.0. The fraction of sp³-hybridized carbons (Fsp3) is 0.650. The Morgan fingerprint density at radius 2 is 1.39 bits per heavy atom. The number of benzene rings is 1. The van der Waals surface area contributed by atoms with E-state index in [0.717, 1.165) is 5.56 Å². The van der Waals surface area contributed by atoms with Gasteiger partial charge in [0, 0.05) is 12.4 Å². The Labute approximate surface area is 142 Å². The van der Waals surface area contributed by atoms with Gasteiger partial charge >= 0.3 is 0 Å². The van der Waals surface area contributed by atoms with Crippen molar-refractivity contribution >= 4 is 5.97 Å². The lowest BCUT2D eigenvalue weighted by Crippen LogP contribution is -2.84. The summed E-state index contributed by atoms with van der Waals surface area (Å²) in [5, 5.41) is 12.5. The Balaban J connectivity index is 0.000000433. The van der Waals surface area contributed by atoms with Crippen LogP contribution in [0.2, 0.25) is 0 Å². The van der Waals surface area contributed by atoms with E-state index in [1.54, 1.807) is 24.3 Å². The Bertz CT molecular complexity index is 355. The molecule has 0 aliphatic heterocycles. The van der Waals surface area contributed by atoms with E-state index in [1.165, 1.54) is 64.5 Å². The van der Waals surface area contributed by atoms with Gasteiger partial charge in [-0.1, -0.05) is 69.9 Å². The molecule has 3 heteroatoms. The summed E-state index contributed by atoms with van der Waals surface area (Å²) in [7, 11) is 0. The van der Waals surface area contributed by atoms with Crippen molar-refractivity contribution in [1.29, 1.82) is 0 Å². The molecule has 0 radical (unpaired) electrons. The van der Waals surface area contributed by atoms with Crippen LogP contribution in [0.3, 0.4) is 0 Å². The van der Waals surface area contributed by atoms with Crippen LogP contribution in [-0.4, -0.2) is 19.1 Å². The van der Waals surface area contributed by atoms with E-state index in [1.807, 2.05) is 6.07 Å². The minimum atomic E-state index is -1.04. The predicted octanol–water partition coefficient (Wildman–Crippen LogP) is 2.69. The molecule has 1 aromatic rings. The van der Waals surface area contributed by atoms with Crippen molar-refractivity contribution in [3.63, 3.8) is 0 Å². The van der Waals surface area contributed by atoms with E-state index in [2.05, 4.69) is 19.2 Å². The minimum absolute atomic E-state index is 0.000833. The van der Waals surface area contributed by atoms with Gasteiger partial charge in [-0.05, 0) is 31.2 Å². The molecular weight excluding hydrogens is 286 g/mol. The molecule has 0 fully saturated rings. The van der Waals surface area contributed by atoms with Crippen molar-refractivity contribution in [3.8, 4) is 0 Å². The van der Waals surface area contributed by atoms with Crippen LogP contribution in [0.1, 0.15) is 70.8 Å². The van der Waals surface area contributed by atoms with Gasteiger partial charge in [0.1, 0.15) is 0 Å². The van der Waals surface area contributed by atoms with Crippen molar-refractivity contribution in [1.82, 2.24) is 0 Å². The third-order valence-electron chi connectivity index (χ3n) is 3.71. The van der Waals surface area contributed by atoms with E-state index in [0.29, 0.717) is 0 Å². The summed E-state index contributed by atoms with van der Waals surface area (Å²) >= 11 is 0. The maximum atomic E-state index is 10.1. The molecule has 0 aliphatic rings. The molecule has 1 rings (SSSR count). The first kappa shape index (κ1) is 21.6. The average Bonchev–Trinajstić information content (AvgIpc) is 2.54. The van der Waals surface area contributed by atoms with Crippen LogP contribution in [-0.2, 0) is 11.2 Å². The highest BCUT2D eigenvalue weighted by atomic mass is 16.4. The molecule has 23 heavy (non-hydrogen) atoms. The zero-order valence-electron chi connectivity index (χ0n) is 15.1. The summed E-state index contributed by atoms with van der Waals surface area (Å²) in [4.78, 5) is 10.1. The summed E-state index contributed by atoms with van der Waals surface area (Å²) in [6, 6.07) is 8.97. The lowest BCUT2D eigenvalue weighted by molar-refractivity contribution is -0.655. The molecular formula is C20H35NO2. The molecule has 0 bridgehead atoms. The number of carboxylic acids is 1. The van der Waals surface area contributed by atoms with Gasteiger partial charge in [0.25, 0.3) is 0 Å². The van der Waals surface area contributed by atoms with Gasteiger partial charge in [-0.25, -0.2) is 0 Å². The molecule has 0 saturated heterocycles. The summed E-state index contributed by atoms with van der Waals surface area (Å²) in [6.07, 6.45) is 11.3. The average molecular weight is 322 g/mol. The second-order valence-corrected chi connectivity index (χ2v) is 6.02. The highest BCUT2D eigenvalue weighted by Crippen LogP contribution is 1.98. The summed E-state index contributed by atoms with van der Waals surface area (Å²) in [5.74, 6) is -1.04. The second kappa shape index (κ2) is 17.0. The third kappa shape index (κ3) is 16.8. The number of hydrogen-bond donors (Lipinski definition) is 1. The number of carbonyl (C=O) groups excluding carboxylic acids is 1. The van der Waals surface area contributed by atoms with Gasteiger partial charge in [-0.15, -0.1) is 0 Å². The highest BCUT2D eigenvalue weighted by Gasteiger charge is 1.92. The van der Waals surface area contributed by atoms with Crippen molar-refractivity contribution < 1.29 is 15.2 Å². The molecule has 0 unspecified atom stereocenters. The molecule has 0 aromatic heterocycles. The zero-order valence-corrected chi connectivity index (χ0v) is 15.1. The topological polar surface area (TPSA) is 56.7 Å². The Morgan fingerprint density at radius 1 is 0.870 bits per heavy atom. The smallest absolute Gasteiger partial charge is 0.0755 e. The summed E-state index contributed by atoms with van der Waals surface area (Å²) < 4.78 is 0. The molecule has 0 heterocycles. The molecule has 0 spiro atoms. The first-order valence-corrected chi connectivity index (χ1v) is 9.26. The predicted molar refractivity (Wildman–Crippen MR) is 95.1 cm³/mol. The van der Waals surface area contributed by atoms with E-state index in [9.17, 15) is 9.90 Å². The Hall–Kier alpha value is -1.35. The van der Waals surface area contributed by atoms with Crippen LogP contribution >= 0.6 is 0 Å². The fourth-order valence-electron chi connectivity index (χ4n) is 2.34. The quantitative estimate of drug-likeness (QED) is 0.602. The number of rotatable bonds is 12. The van der Waals surface area contributed by atoms with Crippen LogP contribution in [0.4, 0.5) is 0 Å². The van der Waals surface area contributed by atoms with Crippen molar-refractivity contribution in [2.24, 2.45) is 0 Å². The van der Waals surface area contributed by atoms with E-state index in [-0.39, 0.29) is 6.42 Å². The van der Waals surface area contributed by atoms with E-state index in [4.69, 9.17) is 0 Å². The van der Waals surface area contributed by atoms with Crippen LogP contribution < -0.4 is 10.4 Å². The van der Waals surface area contributed by atoms with Gasteiger partial charge in [0.05, 0.1) is 13.1 Å². The lowest BCUT2D eigenvalue weighted by Gasteiger charge is -2.00. The normalized spacial score (nSPS) is 10.0. The first-order valence-electron chi connectivity index (χ1n) is 9.26. The largest absolute Gasteiger partial charge is 0.550 e. The molecule has 1 aromatic carbocycles. The molecule has 3 nitrogen and oxygen atoms in total. The second-order valence-electron chi connectivity index (χ2n) is 6.02. The monoisotopic (exact) mass is 321 g/mol. The minimum Gasteiger partial charge on any atom is -0.550 e. The zero-order chi connectivity index (χ0) is 17.2. The maximum absolute atomic E-state index is 10.1. The number of nitrogens with two attached hydrogens (primary N) is 1. The first-order chi connectivity index (χ1) is 11.2. The number of quaternary nitrogens is 1. The van der Waals surface area contributed by atoms with Crippen LogP contribution in [0.5, 0.6) is 0 Å². The molecule has 0 atom stereocenters. The number of aliphatic carboxylic acids is 1. The van der Waals surface area contributed by atoms with E-state index < -0.39 is 5.97 Å². The molecule has 132 valence electrons. The van der Waals surface area contributed by atoms with Crippen LogP contribution in [0, 0.1) is 0 Å². The van der Waals surface area contributed by atoms with Crippen molar-refractivity contribution in [3.05, 3.63) is 35.9 Å².